The maximum atomic E-state index is 10.9. The van der Waals surface area contributed by atoms with Crippen LogP contribution in [0.1, 0.15) is 19.5 Å². The minimum atomic E-state index is -0.858. The Kier molecular flexibility index (Phi) is 4.52. The van der Waals surface area contributed by atoms with E-state index >= 15 is 0 Å². The first-order valence-corrected chi connectivity index (χ1v) is 6.91. The second kappa shape index (κ2) is 5.99. The lowest BCUT2D eigenvalue weighted by Gasteiger charge is -2.23. The quantitative estimate of drug-likeness (QED) is 0.921. The van der Waals surface area contributed by atoms with Crippen molar-refractivity contribution >= 4 is 34.8 Å². The molecule has 108 valence electrons. The third-order valence-corrected chi connectivity index (χ3v) is 3.44. The molecule has 5 nitrogen and oxygen atoms in total. The van der Waals surface area contributed by atoms with Crippen molar-refractivity contribution in [1.29, 1.82) is 0 Å². The molecule has 20 heavy (non-hydrogen) atoms. The molecule has 2 aromatic heterocycles. The van der Waals surface area contributed by atoms with E-state index in [-0.39, 0.29) is 12.6 Å². The zero-order valence-electron chi connectivity index (χ0n) is 11.2. The Morgan fingerprint density at radius 2 is 2.15 bits per heavy atom. The van der Waals surface area contributed by atoms with E-state index in [0.29, 0.717) is 22.2 Å². The van der Waals surface area contributed by atoms with E-state index in [1.165, 1.54) is 0 Å². The number of pyridine rings is 1. The number of aromatic nitrogens is 2. The molecule has 0 fully saturated rings. The van der Waals surface area contributed by atoms with Crippen LogP contribution >= 0.6 is 23.2 Å². The van der Waals surface area contributed by atoms with Crippen molar-refractivity contribution in [1.82, 2.24) is 14.3 Å². The molecule has 0 radical (unpaired) electrons. The maximum absolute atomic E-state index is 10.9. The molecule has 0 atom stereocenters. The number of halogens is 2. The molecule has 0 bridgehead atoms. The van der Waals surface area contributed by atoms with Crippen molar-refractivity contribution in [2.45, 2.75) is 26.4 Å². The lowest BCUT2D eigenvalue weighted by Crippen LogP contribution is -2.35. The van der Waals surface area contributed by atoms with Crippen LogP contribution in [0.25, 0.3) is 5.65 Å². The van der Waals surface area contributed by atoms with Gasteiger partial charge in [0.2, 0.25) is 0 Å². The molecule has 1 N–H and O–H groups in total. The summed E-state index contributed by atoms with van der Waals surface area (Å²) in [6, 6.07) is 1.74. The summed E-state index contributed by atoms with van der Waals surface area (Å²) in [5.74, 6) is -0.858. The predicted octanol–water partition coefficient (Wildman–Crippen LogP) is 2.94. The number of fused-ring (bicyclic) bond motifs is 1. The minimum absolute atomic E-state index is 0.0278. The van der Waals surface area contributed by atoms with Gasteiger partial charge < -0.3 is 9.51 Å². The molecule has 0 unspecified atom stereocenters. The van der Waals surface area contributed by atoms with Gasteiger partial charge in [0.05, 0.1) is 22.3 Å². The van der Waals surface area contributed by atoms with Crippen molar-refractivity contribution in [2.75, 3.05) is 6.54 Å². The van der Waals surface area contributed by atoms with Gasteiger partial charge in [-0.2, -0.15) is 0 Å². The number of aliphatic carboxylic acids is 1. The summed E-state index contributed by atoms with van der Waals surface area (Å²) < 4.78 is 1.75. The first kappa shape index (κ1) is 15.1. The average Bonchev–Trinajstić information content (AvgIpc) is 2.70. The molecule has 2 heterocycles. The van der Waals surface area contributed by atoms with Gasteiger partial charge in [0.15, 0.2) is 5.65 Å². The van der Waals surface area contributed by atoms with E-state index in [1.54, 1.807) is 16.7 Å². The molecule has 0 saturated heterocycles. The van der Waals surface area contributed by atoms with Gasteiger partial charge in [0, 0.05) is 25.0 Å². The lowest BCUT2D eigenvalue weighted by molar-refractivity contribution is -0.138. The summed E-state index contributed by atoms with van der Waals surface area (Å²) >= 11 is 12.0. The van der Waals surface area contributed by atoms with Crippen molar-refractivity contribution < 1.29 is 9.90 Å². The van der Waals surface area contributed by atoms with Crippen LogP contribution in [0.4, 0.5) is 0 Å². The number of hydrogen-bond acceptors (Lipinski definition) is 3. The van der Waals surface area contributed by atoms with Crippen LogP contribution in [0, 0.1) is 0 Å². The summed E-state index contributed by atoms with van der Waals surface area (Å²) in [6.45, 7) is 4.31. The molecule has 7 heteroatoms. The Bertz CT molecular complexity index is 640. The molecular weight excluding hydrogens is 301 g/mol. The molecule has 0 aliphatic rings. The number of nitrogens with zero attached hydrogens (tertiary/aromatic N) is 3. The van der Waals surface area contributed by atoms with Crippen molar-refractivity contribution in [3.8, 4) is 0 Å². The van der Waals surface area contributed by atoms with Gasteiger partial charge in [0.1, 0.15) is 0 Å². The van der Waals surface area contributed by atoms with Gasteiger partial charge in [-0.25, -0.2) is 4.98 Å². The molecule has 0 spiro atoms. The summed E-state index contributed by atoms with van der Waals surface area (Å²) in [7, 11) is 0. The molecule has 0 saturated carbocycles. The monoisotopic (exact) mass is 315 g/mol. The van der Waals surface area contributed by atoms with Crippen LogP contribution in [-0.4, -0.2) is 37.9 Å². The molecule has 0 aliphatic heterocycles. The third kappa shape index (κ3) is 3.42. The fourth-order valence-electron chi connectivity index (χ4n) is 1.95. The topological polar surface area (TPSA) is 57.8 Å². The zero-order chi connectivity index (χ0) is 14.9. The van der Waals surface area contributed by atoms with E-state index in [2.05, 4.69) is 4.98 Å². The highest BCUT2D eigenvalue weighted by molar-refractivity contribution is 6.36. The van der Waals surface area contributed by atoms with Gasteiger partial charge in [-0.05, 0) is 19.9 Å². The van der Waals surface area contributed by atoms with E-state index in [9.17, 15) is 4.79 Å². The lowest BCUT2D eigenvalue weighted by atomic mass is 10.3. The molecule has 2 aromatic rings. The van der Waals surface area contributed by atoms with E-state index in [4.69, 9.17) is 28.3 Å². The van der Waals surface area contributed by atoms with E-state index in [0.717, 1.165) is 5.69 Å². The number of imidazole rings is 1. The highest BCUT2D eigenvalue weighted by Gasteiger charge is 2.16. The van der Waals surface area contributed by atoms with Crippen LogP contribution < -0.4 is 0 Å². The van der Waals surface area contributed by atoms with Crippen LogP contribution in [0.2, 0.25) is 10.0 Å². The van der Waals surface area contributed by atoms with Crippen molar-refractivity contribution in [3.05, 3.63) is 34.2 Å². The standard InChI is InChI=1S/C13H15Cl2N3O2/c1-8(2)17(7-12(19)20)5-10-6-18-4-9(14)3-11(15)13(18)16-10/h3-4,6,8H,5,7H2,1-2H3,(H,19,20). The second-order valence-electron chi connectivity index (χ2n) is 4.86. The van der Waals surface area contributed by atoms with Gasteiger partial charge in [-0.3, -0.25) is 9.69 Å². The largest absolute Gasteiger partial charge is 0.480 e. The number of carbonyl (C=O) groups is 1. The number of carboxylic acids is 1. The summed E-state index contributed by atoms with van der Waals surface area (Å²) in [5.41, 5.74) is 1.37. The second-order valence-corrected chi connectivity index (χ2v) is 5.71. The van der Waals surface area contributed by atoms with E-state index < -0.39 is 5.97 Å². The van der Waals surface area contributed by atoms with Crippen molar-refractivity contribution in [3.63, 3.8) is 0 Å². The van der Waals surface area contributed by atoms with Gasteiger partial charge in [-0.15, -0.1) is 0 Å². The molecule has 0 amide bonds. The number of hydrogen-bond donors (Lipinski definition) is 1. The first-order chi connectivity index (χ1) is 9.36. The predicted molar refractivity (Wildman–Crippen MR) is 78.4 cm³/mol. The number of rotatable bonds is 5. The van der Waals surface area contributed by atoms with Gasteiger partial charge in [0.25, 0.3) is 0 Å². The SMILES string of the molecule is CC(C)N(CC(=O)O)Cc1cn2cc(Cl)cc(Cl)c2n1. The van der Waals surface area contributed by atoms with Gasteiger partial charge in [-0.1, -0.05) is 23.2 Å². The Morgan fingerprint density at radius 3 is 2.75 bits per heavy atom. The Labute approximate surface area is 126 Å². The van der Waals surface area contributed by atoms with Gasteiger partial charge >= 0.3 is 5.97 Å². The Balaban J connectivity index is 2.28. The van der Waals surface area contributed by atoms with Crippen LogP contribution in [-0.2, 0) is 11.3 Å². The molecule has 0 aliphatic carbocycles. The van der Waals surface area contributed by atoms with Crippen LogP contribution in [0.3, 0.4) is 0 Å². The average molecular weight is 316 g/mol. The normalized spacial score (nSPS) is 11.7. The molecule has 2 rings (SSSR count). The fraction of sp³-hybridized carbons (Fsp3) is 0.385. The summed E-state index contributed by atoms with van der Waals surface area (Å²) in [6.07, 6.45) is 3.53. The highest BCUT2D eigenvalue weighted by Crippen LogP contribution is 2.22. The maximum Gasteiger partial charge on any atom is 0.317 e. The van der Waals surface area contributed by atoms with E-state index in [1.807, 2.05) is 24.9 Å². The van der Waals surface area contributed by atoms with Crippen LogP contribution in [0.15, 0.2) is 18.5 Å². The Morgan fingerprint density at radius 1 is 1.45 bits per heavy atom. The summed E-state index contributed by atoms with van der Waals surface area (Å²) in [4.78, 5) is 17.1. The van der Waals surface area contributed by atoms with Crippen LogP contribution in [0.5, 0.6) is 0 Å². The minimum Gasteiger partial charge on any atom is -0.480 e. The first-order valence-electron chi connectivity index (χ1n) is 6.15. The highest BCUT2D eigenvalue weighted by atomic mass is 35.5. The Hall–Kier alpha value is -1.30. The number of carboxylic acid groups (broad SMARTS) is 1. The summed E-state index contributed by atoms with van der Waals surface area (Å²) in [5, 5.41) is 9.92. The van der Waals surface area contributed by atoms with Crippen molar-refractivity contribution in [2.24, 2.45) is 0 Å². The smallest absolute Gasteiger partial charge is 0.317 e. The third-order valence-electron chi connectivity index (χ3n) is 2.96. The molecule has 0 aromatic carbocycles. The fourth-order valence-corrected chi connectivity index (χ4v) is 2.48. The molecular formula is C13H15Cl2N3O2. The zero-order valence-corrected chi connectivity index (χ0v) is 12.7.